The number of amides is 1. The van der Waals surface area contributed by atoms with Crippen molar-refractivity contribution in [1.82, 2.24) is 5.43 Å². The largest absolute Gasteiger partial charge is 0.494 e. The van der Waals surface area contributed by atoms with Crippen LogP contribution in [-0.4, -0.2) is 18.7 Å². The minimum absolute atomic E-state index is 0.283. The Kier molecular flexibility index (Phi) is 6.18. The fourth-order valence-corrected chi connectivity index (χ4v) is 2.14. The standard InChI is InChI=1S/C19H24N2O3/c1-13(2)9-10-23-17-7-5-16(6-8-17)12-20-21-19(22)18-11-14(3)24-15(18)4/h5-8,11-13H,9-10H2,1-4H3,(H,21,22). The molecule has 0 unspecified atom stereocenters. The monoisotopic (exact) mass is 328 g/mol. The van der Waals surface area contributed by atoms with Gasteiger partial charge in [0.1, 0.15) is 17.3 Å². The summed E-state index contributed by atoms with van der Waals surface area (Å²) in [5.41, 5.74) is 3.88. The third kappa shape index (κ3) is 5.26. The summed E-state index contributed by atoms with van der Waals surface area (Å²) in [6.07, 6.45) is 2.63. The van der Waals surface area contributed by atoms with E-state index in [-0.39, 0.29) is 5.91 Å². The molecule has 0 saturated carbocycles. The Morgan fingerprint density at radius 1 is 1.29 bits per heavy atom. The second-order valence-electron chi connectivity index (χ2n) is 6.13. The van der Waals surface area contributed by atoms with Gasteiger partial charge < -0.3 is 9.15 Å². The van der Waals surface area contributed by atoms with Gasteiger partial charge in [-0.25, -0.2) is 5.43 Å². The van der Waals surface area contributed by atoms with Crippen LogP contribution in [0.15, 0.2) is 39.9 Å². The van der Waals surface area contributed by atoms with E-state index in [0.717, 1.165) is 17.7 Å². The highest BCUT2D eigenvalue weighted by molar-refractivity contribution is 5.95. The van der Waals surface area contributed by atoms with Crippen LogP contribution >= 0.6 is 0 Å². The lowest BCUT2D eigenvalue weighted by molar-refractivity contribution is 0.0953. The van der Waals surface area contributed by atoms with Gasteiger partial charge in [0.15, 0.2) is 0 Å². The van der Waals surface area contributed by atoms with Crippen LogP contribution in [0.5, 0.6) is 5.75 Å². The van der Waals surface area contributed by atoms with E-state index in [2.05, 4.69) is 24.4 Å². The van der Waals surface area contributed by atoms with Gasteiger partial charge in [0.05, 0.1) is 18.4 Å². The van der Waals surface area contributed by atoms with Crippen LogP contribution in [0.25, 0.3) is 0 Å². The molecule has 0 spiro atoms. The number of carbonyl (C=O) groups is 1. The molecule has 0 saturated heterocycles. The smallest absolute Gasteiger partial charge is 0.274 e. The van der Waals surface area contributed by atoms with Crippen molar-refractivity contribution in [2.45, 2.75) is 34.1 Å². The molecule has 0 aliphatic heterocycles. The molecule has 0 aliphatic carbocycles. The first-order chi connectivity index (χ1) is 11.5. The molecule has 5 nitrogen and oxygen atoms in total. The summed E-state index contributed by atoms with van der Waals surface area (Å²) in [4.78, 5) is 12.0. The number of hydrogen-bond donors (Lipinski definition) is 1. The van der Waals surface area contributed by atoms with Crippen LogP contribution < -0.4 is 10.2 Å². The first-order valence-corrected chi connectivity index (χ1v) is 8.09. The van der Waals surface area contributed by atoms with Crippen molar-refractivity contribution >= 4 is 12.1 Å². The third-order valence-electron chi connectivity index (χ3n) is 3.51. The highest BCUT2D eigenvalue weighted by atomic mass is 16.5. The van der Waals surface area contributed by atoms with Crippen molar-refractivity contribution in [3.05, 3.63) is 53.0 Å². The van der Waals surface area contributed by atoms with Gasteiger partial charge in [0.25, 0.3) is 5.91 Å². The minimum Gasteiger partial charge on any atom is -0.494 e. The Morgan fingerprint density at radius 2 is 2.00 bits per heavy atom. The van der Waals surface area contributed by atoms with Crippen molar-refractivity contribution < 1.29 is 13.9 Å². The molecule has 1 heterocycles. The molecular weight excluding hydrogens is 304 g/mol. The van der Waals surface area contributed by atoms with Crippen LogP contribution in [0.1, 0.15) is 47.7 Å². The van der Waals surface area contributed by atoms with Gasteiger partial charge in [-0.15, -0.1) is 0 Å². The van der Waals surface area contributed by atoms with E-state index in [4.69, 9.17) is 9.15 Å². The second kappa shape index (κ2) is 8.34. The molecule has 0 radical (unpaired) electrons. The first kappa shape index (κ1) is 17.8. The summed E-state index contributed by atoms with van der Waals surface area (Å²) >= 11 is 0. The van der Waals surface area contributed by atoms with E-state index in [1.165, 1.54) is 0 Å². The molecule has 128 valence electrons. The first-order valence-electron chi connectivity index (χ1n) is 8.09. The molecule has 5 heteroatoms. The van der Waals surface area contributed by atoms with Gasteiger partial charge in [0.2, 0.25) is 0 Å². The SMILES string of the molecule is Cc1cc(C(=O)NN=Cc2ccc(OCCC(C)C)cc2)c(C)o1. The molecular formula is C19H24N2O3. The maximum absolute atomic E-state index is 12.0. The second-order valence-corrected chi connectivity index (χ2v) is 6.13. The van der Waals surface area contributed by atoms with Crippen molar-refractivity contribution in [1.29, 1.82) is 0 Å². The predicted molar refractivity (Wildman–Crippen MR) is 94.6 cm³/mol. The normalized spacial score (nSPS) is 11.2. The quantitative estimate of drug-likeness (QED) is 0.615. The number of furan rings is 1. The molecule has 0 atom stereocenters. The van der Waals surface area contributed by atoms with E-state index in [1.54, 1.807) is 26.1 Å². The lowest BCUT2D eigenvalue weighted by atomic mass is 10.1. The maximum atomic E-state index is 12.0. The van der Waals surface area contributed by atoms with Crippen LogP contribution in [0, 0.1) is 19.8 Å². The Hall–Kier alpha value is -2.56. The molecule has 1 aromatic heterocycles. The van der Waals surface area contributed by atoms with Crippen LogP contribution in [0.4, 0.5) is 0 Å². The lowest BCUT2D eigenvalue weighted by Gasteiger charge is -2.07. The molecule has 2 rings (SSSR count). The van der Waals surface area contributed by atoms with Gasteiger partial charge in [-0.1, -0.05) is 13.8 Å². The number of carbonyl (C=O) groups excluding carboxylic acids is 1. The average molecular weight is 328 g/mol. The number of hydrazone groups is 1. The van der Waals surface area contributed by atoms with Crippen LogP contribution in [0.3, 0.4) is 0 Å². The fourth-order valence-electron chi connectivity index (χ4n) is 2.14. The molecule has 1 N–H and O–H groups in total. The number of nitrogens with zero attached hydrogens (tertiary/aromatic N) is 1. The van der Waals surface area contributed by atoms with Gasteiger partial charge in [-0.3, -0.25) is 4.79 Å². The Labute approximate surface area is 142 Å². The zero-order valence-electron chi connectivity index (χ0n) is 14.6. The van der Waals surface area contributed by atoms with Crippen molar-refractivity contribution in [3.63, 3.8) is 0 Å². The number of hydrogen-bond acceptors (Lipinski definition) is 4. The zero-order valence-corrected chi connectivity index (χ0v) is 14.6. The number of rotatable bonds is 7. The van der Waals surface area contributed by atoms with E-state index in [0.29, 0.717) is 29.6 Å². The Bertz CT molecular complexity index is 700. The van der Waals surface area contributed by atoms with E-state index in [9.17, 15) is 4.79 Å². The molecule has 24 heavy (non-hydrogen) atoms. The van der Waals surface area contributed by atoms with E-state index < -0.39 is 0 Å². The summed E-state index contributed by atoms with van der Waals surface area (Å²) in [6, 6.07) is 9.28. The molecule has 1 amide bonds. The Morgan fingerprint density at radius 3 is 2.58 bits per heavy atom. The Balaban J connectivity index is 1.85. The maximum Gasteiger partial charge on any atom is 0.274 e. The molecule has 0 aliphatic rings. The van der Waals surface area contributed by atoms with Gasteiger partial charge >= 0.3 is 0 Å². The number of aryl methyl sites for hydroxylation is 2. The number of ether oxygens (including phenoxy) is 1. The third-order valence-corrected chi connectivity index (χ3v) is 3.51. The average Bonchev–Trinajstić information content (AvgIpc) is 2.87. The minimum atomic E-state index is -0.283. The predicted octanol–water partition coefficient (Wildman–Crippen LogP) is 4.09. The fraction of sp³-hybridized carbons (Fsp3) is 0.368. The van der Waals surface area contributed by atoms with Gasteiger partial charge in [0, 0.05) is 0 Å². The number of nitrogens with one attached hydrogen (secondary N) is 1. The van der Waals surface area contributed by atoms with Gasteiger partial charge in [-0.05, 0) is 62.1 Å². The molecule has 2 aromatic rings. The summed E-state index contributed by atoms with van der Waals surface area (Å²) in [5.74, 6) is 2.47. The van der Waals surface area contributed by atoms with Crippen molar-refractivity contribution in [2.75, 3.05) is 6.61 Å². The topological polar surface area (TPSA) is 63.8 Å². The summed E-state index contributed by atoms with van der Waals surface area (Å²) in [7, 11) is 0. The molecule has 1 aromatic carbocycles. The summed E-state index contributed by atoms with van der Waals surface area (Å²) in [5, 5.41) is 3.98. The highest BCUT2D eigenvalue weighted by Crippen LogP contribution is 2.14. The number of benzene rings is 1. The van der Waals surface area contributed by atoms with E-state index >= 15 is 0 Å². The molecule has 0 bridgehead atoms. The zero-order chi connectivity index (χ0) is 17.5. The summed E-state index contributed by atoms with van der Waals surface area (Å²) in [6.45, 7) is 8.61. The van der Waals surface area contributed by atoms with Crippen LogP contribution in [0.2, 0.25) is 0 Å². The molecule has 0 fully saturated rings. The van der Waals surface area contributed by atoms with Crippen molar-refractivity contribution in [3.8, 4) is 5.75 Å². The summed E-state index contributed by atoms with van der Waals surface area (Å²) < 4.78 is 11.0. The van der Waals surface area contributed by atoms with Crippen LogP contribution in [-0.2, 0) is 0 Å². The van der Waals surface area contributed by atoms with Gasteiger partial charge in [-0.2, -0.15) is 5.10 Å². The van der Waals surface area contributed by atoms with E-state index in [1.807, 2.05) is 24.3 Å². The lowest BCUT2D eigenvalue weighted by Crippen LogP contribution is -2.17. The highest BCUT2D eigenvalue weighted by Gasteiger charge is 2.12. The van der Waals surface area contributed by atoms with Crippen molar-refractivity contribution in [2.24, 2.45) is 11.0 Å².